The molecular weight excluding hydrogens is 276 g/mol. The van der Waals surface area contributed by atoms with Gasteiger partial charge < -0.3 is 14.6 Å². The zero-order chi connectivity index (χ0) is 15.4. The Morgan fingerprint density at radius 2 is 1.95 bits per heavy atom. The fourth-order valence-corrected chi connectivity index (χ4v) is 2.15. The molecule has 7 heteroatoms. The molecule has 0 amide bonds. The molecule has 0 aliphatic carbocycles. The van der Waals surface area contributed by atoms with E-state index in [1.807, 2.05) is 0 Å². The average Bonchev–Trinajstić information content (AvgIpc) is 2.97. The highest BCUT2D eigenvalue weighted by atomic mass is 16.5. The third-order valence-corrected chi connectivity index (χ3v) is 3.19. The lowest BCUT2D eigenvalue weighted by Crippen LogP contribution is -2.31. The van der Waals surface area contributed by atoms with Gasteiger partial charge in [-0.15, -0.1) is 0 Å². The predicted molar refractivity (Wildman–Crippen MR) is 75.2 cm³/mol. The van der Waals surface area contributed by atoms with E-state index in [-0.39, 0.29) is 18.7 Å². The molecule has 1 heterocycles. The number of methoxy groups -OCH3 is 2. The van der Waals surface area contributed by atoms with Crippen molar-refractivity contribution in [2.75, 3.05) is 25.8 Å². The van der Waals surface area contributed by atoms with Crippen molar-refractivity contribution in [2.24, 2.45) is 5.10 Å². The summed E-state index contributed by atoms with van der Waals surface area (Å²) in [4.78, 5) is 23.4. The highest BCUT2D eigenvalue weighted by Gasteiger charge is 2.33. The maximum absolute atomic E-state index is 11.8. The molecule has 7 nitrogen and oxygen atoms in total. The van der Waals surface area contributed by atoms with Crippen molar-refractivity contribution in [2.45, 2.75) is 12.5 Å². The van der Waals surface area contributed by atoms with Gasteiger partial charge in [-0.2, -0.15) is 5.10 Å². The van der Waals surface area contributed by atoms with Crippen LogP contribution in [0.15, 0.2) is 29.4 Å². The lowest BCUT2D eigenvalue weighted by atomic mass is 10.1. The number of ether oxygens (including phenoxy) is 2. The first-order valence-corrected chi connectivity index (χ1v) is 6.35. The van der Waals surface area contributed by atoms with Crippen LogP contribution in [0.3, 0.4) is 0 Å². The molecule has 0 saturated heterocycles. The number of carbonyl (C=O) groups is 2. The molecule has 0 aromatic heterocycles. The largest absolute Gasteiger partial charge is 0.465 e. The number of para-hydroxylation sites is 1. The zero-order valence-corrected chi connectivity index (χ0v) is 11.8. The average molecular weight is 292 g/mol. The summed E-state index contributed by atoms with van der Waals surface area (Å²) < 4.78 is 9.37. The summed E-state index contributed by atoms with van der Waals surface area (Å²) in [6, 6.07) is 6.29. The van der Waals surface area contributed by atoms with Crippen LogP contribution in [0.5, 0.6) is 0 Å². The Morgan fingerprint density at radius 1 is 1.29 bits per heavy atom. The molecule has 0 saturated carbocycles. The summed E-state index contributed by atoms with van der Waals surface area (Å²) in [6.07, 6.45) is 0.249. The van der Waals surface area contributed by atoms with Gasteiger partial charge in [0.25, 0.3) is 0 Å². The first kappa shape index (κ1) is 15.0. The third kappa shape index (κ3) is 2.87. The Morgan fingerprint density at radius 3 is 2.57 bits per heavy atom. The Labute approximate surface area is 121 Å². The van der Waals surface area contributed by atoms with Gasteiger partial charge in [0.15, 0.2) is 0 Å². The summed E-state index contributed by atoms with van der Waals surface area (Å²) in [5, 5.41) is 15.1. The predicted octanol–water partition coefficient (Wildman–Crippen LogP) is 0.573. The van der Waals surface area contributed by atoms with Crippen LogP contribution in [0.1, 0.15) is 16.8 Å². The highest BCUT2D eigenvalue weighted by molar-refractivity contribution is 6.37. The number of aliphatic hydroxyl groups excluding tert-OH is 1. The Balaban J connectivity index is 2.42. The number of benzene rings is 1. The van der Waals surface area contributed by atoms with Crippen molar-refractivity contribution < 1.29 is 24.2 Å². The number of hydrogen-bond acceptors (Lipinski definition) is 7. The van der Waals surface area contributed by atoms with E-state index in [9.17, 15) is 14.7 Å². The van der Waals surface area contributed by atoms with Crippen LogP contribution in [-0.4, -0.2) is 49.6 Å². The number of anilines is 1. The van der Waals surface area contributed by atoms with Gasteiger partial charge in [0.1, 0.15) is 5.71 Å². The maximum atomic E-state index is 11.8. The molecule has 1 aromatic rings. The maximum Gasteiger partial charge on any atom is 0.354 e. The van der Waals surface area contributed by atoms with Crippen LogP contribution < -0.4 is 5.01 Å². The fourth-order valence-electron chi connectivity index (χ4n) is 2.15. The molecule has 0 fully saturated rings. The normalized spacial score (nSPS) is 17.4. The van der Waals surface area contributed by atoms with Gasteiger partial charge >= 0.3 is 11.9 Å². The molecular formula is C14H16N2O5. The number of hydrazone groups is 1. The van der Waals surface area contributed by atoms with Gasteiger partial charge in [-0.1, -0.05) is 12.1 Å². The van der Waals surface area contributed by atoms with Crippen LogP contribution >= 0.6 is 0 Å². The van der Waals surface area contributed by atoms with Crippen LogP contribution in [0, 0.1) is 0 Å². The minimum Gasteiger partial charge on any atom is -0.465 e. The SMILES string of the molecule is COC(=O)C1=NN(c2ccccc2C(=O)OC)[C@H](CO)C1. The second kappa shape index (κ2) is 6.36. The van der Waals surface area contributed by atoms with E-state index >= 15 is 0 Å². The van der Waals surface area contributed by atoms with Crippen LogP contribution in [0.4, 0.5) is 5.69 Å². The summed E-state index contributed by atoms with van der Waals surface area (Å²) in [6.45, 7) is -0.209. The van der Waals surface area contributed by atoms with Crippen molar-refractivity contribution in [3.05, 3.63) is 29.8 Å². The minimum atomic E-state index is -0.550. The number of nitrogens with zero attached hydrogens (tertiary/aromatic N) is 2. The van der Waals surface area contributed by atoms with Crippen molar-refractivity contribution in [1.82, 2.24) is 0 Å². The molecule has 1 atom stereocenters. The van der Waals surface area contributed by atoms with E-state index in [1.165, 1.54) is 19.2 Å². The Kier molecular flexibility index (Phi) is 4.54. The lowest BCUT2D eigenvalue weighted by Gasteiger charge is -2.23. The van der Waals surface area contributed by atoms with Gasteiger partial charge in [-0.25, -0.2) is 9.59 Å². The van der Waals surface area contributed by atoms with E-state index in [2.05, 4.69) is 9.84 Å². The fraction of sp³-hybridized carbons (Fsp3) is 0.357. The van der Waals surface area contributed by atoms with E-state index in [0.717, 1.165) is 0 Å². The monoisotopic (exact) mass is 292 g/mol. The number of carbonyl (C=O) groups excluding carboxylic acids is 2. The van der Waals surface area contributed by atoms with Crippen molar-refractivity contribution in [3.8, 4) is 0 Å². The summed E-state index contributed by atoms with van der Waals surface area (Å²) in [5.41, 5.74) is 0.992. The molecule has 0 spiro atoms. The van der Waals surface area contributed by atoms with E-state index in [4.69, 9.17) is 4.74 Å². The quantitative estimate of drug-likeness (QED) is 0.816. The number of aliphatic hydroxyl groups is 1. The Bertz CT molecular complexity index is 584. The second-order valence-corrected chi connectivity index (χ2v) is 4.43. The number of esters is 2. The summed E-state index contributed by atoms with van der Waals surface area (Å²) >= 11 is 0. The lowest BCUT2D eigenvalue weighted by molar-refractivity contribution is -0.132. The first-order chi connectivity index (χ1) is 10.1. The van der Waals surface area contributed by atoms with Crippen LogP contribution in [0.2, 0.25) is 0 Å². The number of rotatable bonds is 4. The smallest absolute Gasteiger partial charge is 0.354 e. The summed E-state index contributed by atoms with van der Waals surface area (Å²) in [5.74, 6) is -1.06. The van der Waals surface area contributed by atoms with Crippen LogP contribution in [0.25, 0.3) is 0 Å². The third-order valence-electron chi connectivity index (χ3n) is 3.19. The standard InChI is InChI=1S/C14H16N2O5/c1-20-13(18)10-5-3-4-6-12(10)16-9(8-17)7-11(15-16)14(19)21-2/h3-6,9,17H,7-8H2,1-2H3/t9-/m0/s1. The summed E-state index contributed by atoms with van der Waals surface area (Å²) in [7, 11) is 2.56. The molecule has 2 rings (SSSR count). The molecule has 1 aliphatic heterocycles. The van der Waals surface area contributed by atoms with E-state index < -0.39 is 18.0 Å². The zero-order valence-electron chi connectivity index (χ0n) is 11.8. The molecule has 112 valence electrons. The van der Waals surface area contributed by atoms with E-state index in [1.54, 1.807) is 24.3 Å². The molecule has 0 unspecified atom stereocenters. The van der Waals surface area contributed by atoms with Gasteiger partial charge in [0.05, 0.1) is 38.1 Å². The van der Waals surface area contributed by atoms with Gasteiger partial charge in [0.2, 0.25) is 0 Å². The molecule has 0 bridgehead atoms. The minimum absolute atomic E-state index is 0.205. The van der Waals surface area contributed by atoms with E-state index in [0.29, 0.717) is 11.3 Å². The van der Waals surface area contributed by atoms with Gasteiger partial charge in [0, 0.05) is 6.42 Å². The molecule has 1 aliphatic rings. The van der Waals surface area contributed by atoms with Gasteiger partial charge in [-0.05, 0) is 12.1 Å². The van der Waals surface area contributed by atoms with Crippen LogP contribution in [-0.2, 0) is 14.3 Å². The molecule has 1 N–H and O–H groups in total. The highest BCUT2D eigenvalue weighted by Crippen LogP contribution is 2.28. The molecule has 1 aromatic carbocycles. The van der Waals surface area contributed by atoms with Crippen molar-refractivity contribution in [1.29, 1.82) is 0 Å². The first-order valence-electron chi connectivity index (χ1n) is 6.35. The van der Waals surface area contributed by atoms with Crippen molar-refractivity contribution >= 4 is 23.3 Å². The second-order valence-electron chi connectivity index (χ2n) is 4.43. The van der Waals surface area contributed by atoms with Crippen molar-refractivity contribution in [3.63, 3.8) is 0 Å². The molecule has 21 heavy (non-hydrogen) atoms. The Hall–Kier alpha value is -2.41. The topological polar surface area (TPSA) is 88.4 Å². The van der Waals surface area contributed by atoms with Gasteiger partial charge in [-0.3, -0.25) is 5.01 Å². The number of hydrogen-bond donors (Lipinski definition) is 1. The molecule has 0 radical (unpaired) electrons.